The van der Waals surface area contributed by atoms with Crippen molar-refractivity contribution in [3.05, 3.63) is 11.3 Å². The number of aliphatic imine (C=N–C) groups is 1. The number of rotatable bonds is 2. The minimum absolute atomic E-state index is 0.488. The minimum atomic E-state index is 0.488. The van der Waals surface area contributed by atoms with Crippen molar-refractivity contribution < 1.29 is 4.79 Å². The van der Waals surface area contributed by atoms with Gasteiger partial charge in [0.2, 0.25) is 0 Å². The molecule has 2 N–H and O–H groups in total. The lowest BCUT2D eigenvalue weighted by atomic mass is 10.1. The first-order chi connectivity index (χ1) is 4.63. The molecule has 0 radical (unpaired) electrons. The summed E-state index contributed by atoms with van der Waals surface area (Å²) >= 11 is 0. The van der Waals surface area contributed by atoms with Crippen molar-refractivity contribution in [2.24, 2.45) is 10.7 Å². The molecule has 0 aliphatic heterocycles. The summed E-state index contributed by atoms with van der Waals surface area (Å²) in [6, 6.07) is 0. The largest absolute Gasteiger partial charge is 0.402 e. The fourth-order valence-electron chi connectivity index (χ4n) is 0.584. The monoisotopic (exact) mass is 140 g/mol. The molecule has 0 bridgehead atoms. The van der Waals surface area contributed by atoms with Gasteiger partial charge < -0.3 is 5.73 Å². The van der Waals surface area contributed by atoms with Crippen molar-refractivity contribution in [1.29, 1.82) is 0 Å². The summed E-state index contributed by atoms with van der Waals surface area (Å²) in [4.78, 5) is 14.2. The van der Waals surface area contributed by atoms with Gasteiger partial charge in [-0.3, -0.25) is 9.79 Å². The highest BCUT2D eigenvalue weighted by Crippen LogP contribution is 1.97. The predicted molar refractivity (Wildman–Crippen MR) is 42.0 cm³/mol. The molecule has 0 aliphatic rings. The van der Waals surface area contributed by atoms with E-state index in [0.29, 0.717) is 17.0 Å². The van der Waals surface area contributed by atoms with Gasteiger partial charge in [-0.15, -0.1) is 0 Å². The third kappa shape index (κ3) is 2.01. The van der Waals surface area contributed by atoms with E-state index in [1.54, 1.807) is 20.9 Å². The molecular formula is C7H12N2O. The molecule has 0 fully saturated rings. The van der Waals surface area contributed by atoms with Crippen LogP contribution in [0, 0.1) is 0 Å². The van der Waals surface area contributed by atoms with E-state index in [1.165, 1.54) is 0 Å². The molecule has 0 aliphatic carbocycles. The first-order valence-electron chi connectivity index (χ1n) is 2.98. The molecule has 10 heavy (non-hydrogen) atoms. The molecule has 3 heteroatoms. The van der Waals surface area contributed by atoms with Gasteiger partial charge in [0.25, 0.3) is 0 Å². The number of carbonyl (C=O) groups excluding carboxylic acids is 1. The Bertz CT molecular complexity index is 188. The van der Waals surface area contributed by atoms with Crippen LogP contribution in [0.5, 0.6) is 0 Å². The number of nitrogens with zero attached hydrogens (tertiary/aromatic N) is 1. The van der Waals surface area contributed by atoms with Gasteiger partial charge >= 0.3 is 0 Å². The summed E-state index contributed by atoms with van der Waals surface area (Å²) in [6.07, 6.45) is 0.720. The van der Waals surface area contributed by atoms with Crippen LogP contribution in [0.2, 0.25) is 0 Å². The molecule has 0 aromatic heterocycles. The zero-order valence-electron chi connectivity index (χ0n) is 6.51. The Labute approximate surface area is 60.6 Å². The summed E-state index contributed by atoms with van der Waals surface area (Å²) in [5.41, 5.74) is 7.07. The van der Waals surface area contributed by atoms with E-state index in [-0.39, 0.29) is 0 Å². The van der Waals surface area contributed by atoms with Crippen LogP contribution in [0.25, 0.3) is 0 Å². The minimum Gasteiger partial charge on any atom is -0.402 e. The van der Waals surface area contributed by atoms with Gasteiger partial charge in [0, 0.05) is 18.5 Å². The van der Waals surface area contributed by atoms with Crippen molar-refractivity contribution in [1.82, 2.24) is 0 Å². The highest BCUT2D eigenvalue weighted by molar-refractivity contribution is 6.13. The molecule has 0 heterocycles. The van der Waals surface area contributed by atoms with Crippen molar-refractivity contribution in [2.45, 2.75) is 13.8 Å². The Morgan fingerprint density at radius 3 is 2.10 bits per heavy atom. The summed E-state index contributed by atoms with van der Waals surface area (Å²) in [5.74, 6) is 0. The maximum absolute atomic E-state index is 10.3. The van der Waals surface area contributed by atoms with Gasteiger partial charge in [-0.2, -0.15) is 0 Å². The highest BCUT2D eigenvalue weighted by atomic mass is 16.1. The smallest absolute Gasteiger partial charge is 0.153 e. The van der Waals surface area contributed by atoms with Gasteiger partial charge in [0.05, 0.1) is 5.57 Å². The maximum atomic E-state index is 10.3. The van der Waals surface area contributed by atoms with Crippen molar-refractivity contribution in [3.8, 4) is 0 Å². The second kappa shape index (κ2) is 3.82. The van der Waals surface area contributed by atoms with Gasteiger partial charge in [-0.1, -0.05) is 0 Å². The normalized spacial score (nSPS) is 14.5. The second-order valence-electron chi connectivity index (χ2n) is 2.02. The van der Waals surface area contributed by atoms with Gasteiger partial charge in [-0.25, -0.2) is 0 Å². The van der Waals surface area contributed by atoms with Crippen LogP contribution < -0.4 is 5.73 Å². The van der Waals surface area contributed by atoms with Crippen molar-refractivity contribution >= 4 is 12.0 Å². The lowest BCUT2D eigenvalue weighted by molar-refractivity contribution is -0.104. The number of allylic oxidation sites excluding steroid dienone is 2. The molecule has 0 rings (SSSR count). The average Bonchev–Trinajstić information content (AvgIpc) is 1.88. The van der Waals surface area contributed by atoms with Crippen molar-refractivity contribution in [3.63, 3.8) is 0 Å². The van der Waals surface area contributed by atoms with E-state index in [4.69, 9.17) is 5.73 Å². The van der Waals surface area contributed by atoms with Crippen molar-refractivity contribution in [2.75, 3.05) is 7.05 Å². The predicted octanol–water partition coefficient (Wildman–Crippen LogP) is 0.509. The Morgan fingerprint density at radius 2 is 2.00 bits per heavy atom. The number of hydrogen-bond donors (Lipinski definition) is 1. The van der Waals surface area contributed by atoms with Gasteiger partial charge in [-0.05, 0) is 13.8 Å². The molecule has 0 amide bonds. The number of carbonyl (C=O) groups is 1. The summed E-state index contributed by atoms with van der Waals surface area (Å²) < 4.78 is 0. The lowest BCUT2D eigenvalue weighted by Crippen LogP contribution is -2.07. The number of nitrogens with two attached hydrogens (primary N) is 1. The molecule has 56 valence electrons. The average molecular weight is 140 g/mol. The van der Waals surface area contributed by atoms with E-state index in [0.717, 1.165) is 6.29 Å². The molecular weight excluding hydrogens is 128 g/mol. The third-order valence-electron chi connectivity index (χ3n) is 1.27. The van der Waals surface area contributed by atoms with E-state index < -0.39 is 0 Å². The highest BCUT2D eigenvalue weighted by Gasteiger charge is 2.00. The van der Waals surface area contributed by atoms with Crippen LogP contribution in [0.4, 0.5) is 0 Å². The fraction of sp³-hybridized carbons (Fsp3) is 0.429. The fourth-order valence-corrected chi connectivity index (χ4v) is 0.584. The number of hydrogen-bond acceptors (Lipinski definition) is 3. The van der Waals surface area contributed by atoms with Gasteiger partial charge in [0.15, 0.2) is 6.29 Å². The SMILES string of the molecule is CN=C(C)/C(C=O)=C(/C)N. The summed E-state index contributed by atoms with van der Waals surface area (Å²) in [5, 5.41) is 0. The zero-order valence-corrected chi connectivity index (χ0v) is 6.51. The molecule has 0 saturated heterocycles. The summed E-state index contributed by atoms with van der Waals surface area (Å²) in [7, 11) is 1.63. The molecule has 0 aromatic rings. The first kappa shape index (κ1) is 8.88. The molecule has 0 atom stereocenters. The van der Waals surface area contributed by atoms with E-state index in [1.807, 2.05) is 0 Å². The Hall–Kier alpha value is -1.12. The van der Waals surface area contributed by atoms with E-state index >= 15 is 0 Å². The zero-order chi connectivity index (χ0) is 8.15. The maximum Gasteiger partial charge on any atom is 0.153 e. The van der Waals surface area contributed by atoms with E-state index in [9.17, 15) is 4.79 Å². The molecule has 0 saturated carbocycles. The number of aldehydes is 1. The Kier molecular flexibility index (Phi) is 3.39. The third-order valence-corrected chi connectivity index (χ3v) is 1.27. The van der Waals surface area contributed by atoms with Crippen LogP contribution in [0.15, 0.2) is 16.3 Å². The summed E-state index contributed by atoms with van der Waals surface area (Å²) in [6.45, 7) is 3.43. The van der Waals surface area contributed by atoms with E-state index in [2.05, 4.69) is 4.99 Å². The van der Waals surface area contributed by atoms with Crippen LogP contribution in [-0.4, -0.2) is 19.0 Å². The van der Waals surface area contributed by atoms with Gasteiger partial charge in [0.1, 0.15) is 0 Å². The molecule has 0 spiro atoms. The Morgan fingerprint density at radius 1 is 1.50 bits per heavy atom. The van der Waals surface area contributed by atoms with Crippen LogP contribution in [0.3, 0.4) is 0 Å². The van der Waals surface area contributed by atoms with Crippen LogP contribution >= 0.6 is 0 Å². The van der Waals surface area contributed by atoms with Crippen LogP contribution in [0.1, 0.15) is 13.8 Å². The topological polar surface area (TPSA) is 55.5 Å². The molecule has 0 unspecified atom stereocenters. The molecule has 3 nitrogen and oxygen atoms in total. The first-order valence-corrected chi connectivity index (χ1v) is 2.98. The van der Waals surface area contributed by atoms with Crippen LogP contribution in [-0.2, 0) is 4.79 Å². The quantitative estimate of drug-likeness (QED) is 0.345. The lowest BCUT2D eigenvalue weighted by Gasteiger charge is -1.98. The second-order valence-corrected chi connectivity index (χ2v) is 2.02. The Balaban J connectivity index is 4.71. The molecule has 0 aromatic carbocycles. The standard InChI is InChI=1S/C7H12N2O/c1-5(8)7(4-10)6(2)9-3/h4H,8H2,1-3H3/b7-5-,9-6?.